The third kappa shape index (κ3) is 3.75. The van der Waals surface area contributed by atoms with Gasteiger partial charge in [0.15, 0.2) is 0 Å². The second-order valence-corrected chi connectivity index (χ2v) is 3.43. The van der Waals surface area contributed by atoms with Crippen LogP contribution in [0.1, 0.15) is 37.9 Å². The Morgan fingerprint density at radius 3 is 2.64 bits per heavy atom. The number of aliphatic hydroxyl groups is 1. The van der Waals surface area contributed by atoms with Gasteiger partial charge in [0, 0.05) is 0 Å². The summed E-state index contributed by atoms with van der Waals surface area (Å²) in [6, 6.07) is 9.72. The van der Waals surface area contributed by atoms with E-state index < -0.39 is 6.10 Å². The molecule has 76 valence electrons. The first-order chi connectivity index (χ1) is 6.84. The normalized spacial score (nSPS) is 13.3. The molecule has 0 bridgehead atoms. The quantitative estimate of drug-likeness (QED) is 0.557. The Labute approximate surface area is 86.1 Å². The Bertz CT molecular complexity index is 264. The van der Waals surface area contributed by atoms with Gasteiger partial charge in [0.1, 0.15) is 0 Å². The van der Waals surface area contributed by atoms with Crippen molar-refractivity contribution in [1.82, 2.24) is 0 Å². The maximum absolute atomic E-state index is 9.73. The summed E-state index contributed by atoms with van der Waals surface area (Å²) in [5.74, 6) is 0. The molecule has 0 aliphatic heterocycles. The van der Waals surface area contributed by atoms with Crippen molar-refractivity contribution in [2.45, 2.75) is 32.3 Å². The van der Waals surface area contributed by atoms with E-state index in [-0.39, 0.29) is 0 Å². The fourth-order valence-corrected chi connectivity index (χ4v) is 1.31. The third-order valence-corrected chi connectivity index (χ3v) is 2.18. The number of benzene rings is 1. The monoisotopic (exact) mass is 190 g/mol. The summed E-state index contributed by atoms with van der Waals surface area (Å²) in [6.45, 7) is 2.17. The molecule has 1 aromatic rings. The van der Waals surface area contributed by atoms with E-state index in [1.54, 1.807) is 0 Å². The summed E-state index contributed by atoms with van der Waals surface area (Å²) in [5, 5.41) is 9.73. The van der Waals surface area contributed by atoms with Gasteiger partial charge in [0.25, 0.3) is 0 Å². The van der Waals surface area contributed by atoms with Crippen LogP contribution in [0.4, 0.5) is 0 Å². The predicted octanol–water partition coefficient (Wildman–Crippen LogP) is 3.47. The summed E-state index contributed by atoms with van der Waals surface area (Å²) in [6.07, 6.45) is 6.92. The van der Waals surface area contributed by atoms with E-state index in [2.05, 4.69) is 13.0 Å². The molecule has 0 spiro atoms. The van der Waals surface area contributed by atoms with E-state index in [4.69, 9.17) is 0 Å². The Morgan fingerprint density at radius 1 is 1.29 bits per heavy atom. The molecule has 1 heteroatoms. The summed E-state index contributed by atoms with van der Waals surface area (Å²) < 4.78 is 0. The maximum atomic E-state index is 9.73. The Balaban J connectivity index is 2.42. The lowest BCUT2D eigenvalue weighted by molar-refractivity contribution is 0.228. The molecule has 14 heavy (non-hydrogen) atoms. The highest BCUT2D eigenvalue weighted by Crippen LogP contribution is 2.13. The molecule has 0 aromatic heterocycles. The average molecular weight is 190 g/mol. The minimum Gasteiger partial charge on any atom is -0.384 e. The van der Waals surface area contributed by atoms with Crippen molar-refractivity contribution < 1.29 is 5.11 Å². The van der Waals surface area contributed by atoms with Crippen molar-refractivity contribution in [3.05, 3.63) is 48.0 Å². The Morgan fingerprint density at radius 2 is 2.00 bits per heavy atom. The molecule has 1 N–H and O–H groups in total. The van der Waals surface area contributed by atoms with E-state index >= 15 is 0 Å². The fraction of sp³-hybridized carbons (Fsp3) is 0.385. The first kappa shape index (κ1) is 11.0. The first-order valence-corrected chi connectivity index (χ1v) is 5.24. The van der Waals surface area contributed by atoms with Crippen molar-refractivity contribution >= 4 is 0 Å². The topological polar surface area (TPSA) is 20.2 Å². The van der Waals surface area contributed by atoms with Crippen molar-refractivity contribution in [3.63, 3.8) is 0 Å². The molecular weight excluding hydrogens is 172 g/mol. The van der Waals surface area contributed by atoms with Gasteiger partial charge in [0.05, 0.1) is 6.10 Å². The van der Waals surface area contributed by atoms with E-state index in [0.717, 1.165) is 12.0 Å². The summed E-state index contributed by atoms with van der Waals surface area (Å²) in [7, 11) is 0. The molecule has 0 aliphatic carbocycles. The Hall–Kier alpha value is -1.08. The zero-order valence-electron chi connectivity index (χ0n) is 8.69. The molecule has 1 aromatic carbocycles. The minimum absolute atomic E-state index is 0.451. The van der Waals surface area contributed by atoms with Crippen LogP contribution in [0, 0.1) is 0 Å². The van der Waals surface area contributed by atoms with Gasteiger partial charge < -0.3 is 5.11 Å². The van der Waals surface area contributed by atoms with Crippen LogP contribution < -0.4 is 0 Å². The van der Waals surface area contributed by atoms with Crippen molar-refractivity contribution in [2.75, 3.05) is 0 Å². The highest BCUT2D eigenvalue weighted by atomic mass is 16.3. The molecule has 0 radical (unpaired) electrons. The lowest BCUT2D eigenvalue weighted by atomic mass is 10.1. The van der Waals surface area contributed by atoms with Crippen molar-refractivity contribution in [1.29, 1.82) is 0 Å². The largest absolute Gasteiger partial charge is 0.384 e. The van der Waals surface area contributed by atoms with E-state index in [1.807, 2.05) is 36.4 Å². The van der Waals surface area contributed by atoms with Crippen LogP contribution in [-0.2, 0) is 0 Å². The molecule has 1 rings (SSSR count). The predicted molar refractivity (Wildman–Crippen MR) is 60.1 cm³/mol. The summed E-state index contributed by atoms with van der Waals surface area (Å²) in [5.41, 5.74) is 0.959. The highest BCUT2D eigenvalue weighted by Gasteiger charge is 1.99. The molecule has 0 saturated heterocycles. The van der Waals surface area contributed by atoms with E-state index in [9.17, 15) is 5.11 Å². The van der Waals surface area contributed by atoms with Gasteiger partial charge in [-0.2, -0.15) is 0 Å². The van der Waals surface area contributed by atoms with Crippen LogP contribution in [0.2, 0.25) is 0 Å². The molecular formula is C13H18O. The van der Waals surface area contributed by atoms with Gasteiger partial charge in [-0.15, -0.1) is 0 Å². The van der Waals surface area contributed by atoms with Gasteiger partial charge in [-0.25, -0.2) is 0 Å². The lowest BCUT2D eigenvalue weighted by Gasteiger charge is -2.04. The molecule has 0 saturated carbocycles. The van der Waals surface area contributed by atoms with Crippen molar-refractivity contribution in [3.8, 4) is 0 Å². The smallest absolute Gasteiger partial charge is 0.0971 e. The minimum atomic E-state index is -0.451. The van der Waals surface area contributed by atoms with Crippen LogP contribution >= 0.6 is 0 Å². The molecule has 0 amide bonds. The molecule has 1 nitrogen and oxygen atoms in total. The van der Waals surface area contributed by atoms with Crippen molar-refractivity contribution in [2.24, 2.45) is 0 Å². The van der Waals surface area contributed by atoms with Gasteiger partial charge in [0.2, 0.25) is 0 Å². The van der Waals surface area contributed by atoms with E-state index in [0.29, 0.717) is 0 Å². The van der Waals surface area contributed by atoms with Gasteiger partial charge in [-0.1, -0.05) is 62.2 Å². The molecule has 0 unspecified atom stereocenters. The number of rotatable bonds is 5. The third-order valence-electron chi connectivity index (χ3n) is 2.18. The zero-order chi connectivity index (χ0) is 10.2. The summed E-state index contributed by atoms with van der Waals surface area (Å²) in [4.78, 5) is 0. The van der Waals surface area contributed by atoms with Crippen LogP contribution in [0.3, 0.4) is 0 Å². The molecule has 1 atom stereocenters. The SMILES string of the molecule is CCCC/C=C/[C@@H](O)c1ccccc1. The number of hydrogen-bond acceptors (Lipinski definition) is 1. The number of aliphatic hydroxyl groups excluding tert-OH is 1. The molecule has 0 fully saturated rings. The molecule has 0 aliphatic rings. The second-order valence-electron chi connectivity index (χ2n) is 3.43. The van der Waals surface area contributed by atoms with Gasteiger partial charge in [-0.3, -0.25) is 0 Å². The van der Waals surface area contributed by atoms with Crippen LogP contribution in [-0.4, -0.2) is 5.11 Å². The van der Waals surface area contributed by atoms with Crippen LogP contribution in [0.15, 0.2) is 42.5 Å². The van der Waals surface area contributed by atoms with Crippen LogP contribution in [0.25, 0.3) is 0 Å². The summed E-state index contributed by atoms with van der Waals surface area (Å²) >= 11 is 0. The number of hydrogen-bond donors (Lipinski definition) is 1. The fourth-order valence-electron chi connectivity index (χ4n) is 1.31. The zero-order valence-corrected chi connectivity index (χ0v) is 8.69. The number of allylic oxidation sites excluding steroid dienone is 1. The molecule has 0 heterocycles. The van der Waals surface area contributed by atoms with Crippen LogP contribution in [0.5, 0.6) is 0 Å². The highest BCUT2D eigenvalue weighted by molar-refractivity contribution is 5.20. The van der Waals surface area contributed by atoms with Gasteiger partial charge in [-0.05, 0) is 12.0 Å². The lowest BCUT2D eigenvalue weighted by Crippen LogP contribution is -1.91. The Kier molecular flexibility index (Phi) is 5.02. The average Bonchev–Trinajstić information content (AvgIpc) is 2.25. The number of unbranched alkanes of at least 4 members (excludes halogenated alkanes) is 2. The maximum Gasteiger partial charge on any atom is 0.0971 e. The first-order valence-electron chi connectivity index (χ1n) is 5.24. The standard InChI is InChI=1S/C13H18O/c1-2-3-4-8-11-13(14)12-9-6-5-7-10-12/h5-11,13-14H,2-4H2,1H3/b11-8+/t13-/m1/s1. The van der Waals surface area contributed by atoms with Gasteiger partial charge >= 0.3 is 0 Å². The van der Waals surface area contributed by atoms with E-state index in [1.165, 1.54) is 12.8 Å². The second kappa shape index (κ2) is 6.39.